The SMILES string of the molecule is C[C@@H]1Cc2c(C(=O)N3CC(C(C)(F)F)C3)n[nH]c2[C@H](C)O1. The molecule has 116 valence electrons. The number of H-pyrrole nitrogens is 1. The van der Waals surface area contributed by atoms with E-state index in [1.54, 1.807) is 0 Å². The third kappa shape index (κ3) is 2.43. The standard InChI is InChI=1S/C14H19F2N3O2/c1-7-4-10-11(8(2)21-7)17-18-12(10)13(20)19-5-9(6-19)14(3,15)16/h7-9H,4-6H2,1-3H3,(H,17,18)/t7-,8+/m1/s1. The molecule has 1 aromatic heterocycles. The Morgan fingerprint density at radius 2 is 2.10 bits per heavy atom. The molecule has 1 N–H and O–H groups in total. The summed E-state index contributed by atoms with van der Waals surface area (Å²) >= 11 is 0. The van der Waals surface area contributed by atoms with E-state index in [0.29, 0.717) is 12.1 Å². The van der Waals surface area contributed by atoms with E-state index in [-0.39, 0.29) is 31.2 Å². The Labute approximate surface area is 121 Å². The van der Waals surface area contributed by atoms with Gasteiger partial charge in [-0.3, -0.25) is 9.89 Å². The van der Waals surface area contributed by atoms with Crippen molar-refractivity contribution in [1.29, 1.82) is 0 Å². The number of aromatic amines is 1. The molecule has 2 aliphatic rings. The van der Waals surface area contributed by atoms with E-state index < -0.39 is 11.8 Å². The van der Waals surface area contributed by atoms with Crippen molar-refractivity contribution in [3.8, 4) is 0 Å². The smallest absolute Gasteiger partial charge is 0.274 e. The summed E-state index contributed by atoms with van der Waals surface area (Å²) in [6.07, 6.45) is 0.487. The lowest BCUT2D eigenvalue weighted by Gasteiger charge is -2.41. The Balaban J connectivity index is 1.76. The summed E-state index contributed by atoms with van der Waals surface area (Å²) in [5, 5.41) is 6.94. The van der Waals surface area contributed by atoms with Crippen LogP contribution in [0.4, 0.5) is 8.78 Å². The molecule has 7 heteroatoms. The molecule has 0 spiro atoms. The van der Waals surface area contributed by atoms with Crippen LogP contribution < -0.4 is 0 Å². The number of likely N-dealkylation sites (tertiary alicyclic amines) is 1. The minimum absolute atomic E-state index is 0.0146. The van der Waals surface area contributed by atoms with E-state index in [2.05, 4.69) is 10.2 Å². The lowest BCUT2D eigenvalue weighted by molar-refractivity contribution is -0.0925. The Kier molecular flexibility index (Phi) is 3.27. The second kappa shape index (κ2) is 4.76. The van der Waals surface area contributed by atoms with Gasteiger partial charge in [0.05, 0.1) is 23.8 Å². The summed E-state index contributed by atoms with van der Waals surface area (Å²) in [5.74, 6) is -3.76. The molecule has 3 rings (SSSR count). The van der Waals surface area contributed by atoms with Crippen LogP contribution in [0.25, 0.3) is 0 Å². The van der Waals surface area contributed by atoms with Crippen LogP contribution in [0.3, 0.4) is 0 Å². The lowest BCUT2D eigenvalue weighted by atomic mass is 9.92. The van der Waals surface area contributed by atoms with Gasteiger partial charge in [0, 0.05) is 25.1 Å². The van der Waals surface area contributed by atoms with Gasteiger partial charge in [-0.05, 0) is 20.8 Å². The van der Waals surface area contributed by atoms with Gasteiger partial charge in [0.15, 0.2) is 5.69 Å². The molecule has 5 nitrogen and oxygen atoms in total. The molecule has 0 saturated carbocycles. The molecule has 2 atom stereocenters. The van der Waals surface area contributed by atoms with Crippen molar-refractivity contribution in [3.05, 3.63) is 17.0 Å². The van der Waals surface area contributed by atoms with Crippen molar-refractivity contribution < 1.29 is 18.3 Å². The van der Waals surface area contributed by atoms with E-state index in [9.17, 15) is 13.6 Å². The predicted molar refractivity (Wildman–Crippen MR) is 71.3 cm³/mol. The Hall–Kier alpha value is -1.50. The molecule has 0 radical (unpaired) electrons. The number of hydrogen-bond donors (Lipinski definition) is 1. The Bertz CT molecular complexity index is 561. The minimum Gasteiger partial charge on any atom is -0.369 e. The fraction of sp³-hybridized carbons (Fsp3) is 0.714. The van der Waals surface area contributed by atoms with Gasteiger partial charge < -0.3 is 9.64 Å². The Morgan fingerprint density at radius 1 is 1.43 bits per heavy atom. The molecule has 1 saturated heterocycles. The number of halogens is 2. The number of aromatic nitrogens is 2. The van der Waals surface area contributed by atoms with Crippen molar-refractivity contribution >= 4 is 5.91 Å². The summed E-state index contributed by atoms with van der Waals surface area (Å²) in [6.45, 7) is 4.92. The number of fused-ring (bicyclic) bond motifs is 1. The molecule has 1 amide bonds. The maximum Gasteiger partial charge on any atom is 0.274 e. The molecule has 21 heavy (non-hydrogen) atoms. The number of hydrogen-bond acceptors (Lipinski definition) is 3. The number of carbonyl (C=O) groups is 1. The molecule has 3 heterocycles. The summed E-state index contributed by atoms with van der Waals surface area (Å²) < 4.78 is 32.0. The maximum absolute atomic E-state index is 13.1. The van der Waals surface area contributed by atoms with Crippen LogP contribution in [0.15, 0.2) is 0 Å². The summed E-state index contributed by atoms with van der Waals surface area (Å²) in [7, 11) is 0. The average Bonchev–Trinajstić information content (AvgIpc) is 2.68. The van der Waals surface area contributed by atoms with Crippen LogP contribution >= 0.6 is 0 Å². The second-order valence-corrected chi connectivity index (χ2v) is 6.12. The number of amides is 1. The van der Waals surface area contributed by atoms with Gasteiger partial charge in [-0.15, -0.1) is 0 Å². The number of rotatable bonds is 2. The van der Waals surface area contributed by atoms with Crippen LogP contribution in [-0.2, 0) is 11.2 Å². The third-order valence-electron chi connectivity index (χ3n) is 4.32. The molecule has 0 bridgehead atoms. The molecule has 1 fully saturated rings. The quantitative estimate of drug-likeness (QED) is 0.910. The van der Waals surface area contributed by atoms with Crippen molar-refractivity contribution in [3.63, 3.8) is 0 Å². The van der Waals surface area contributed by atoms with Crippen molar-refractivity contribution in [2.45, 2.75) is 45.3 Å². The topological polar surface area (TPSA) is 58.2 Å². The van der Waals surface area contributed by atoms with E-state index >= 15 is 0 Å². The molecule has 2 aliphatic heterocycles. The van der Waals surface area contributed by atoms with Gasteiger partial charge in [-0.1, -0.05) is 0 Å². The van der Waals surface area contributed by atoms with E-state index in [1.807, 2.05) is 13.8 Å². The monoisotopic (exact) mass is 299 g/mol. The molecular weight excluding hydrogens is 280 g/mol. The maximum atomic E-state index is 13.1. The number of alkyl halides is 2. The highest BCUT2D eigenvalue weighted by Gasteiger charge is 2.45. The van der Waals surface area contributed by atoms with Gasteiger partial charge in [-0.25, -0.2) is 8.78 Å². The highest BCUT2D eigenvalue weighted by molar-refractivity contribution is 5.94. The van der Waals surface area contributed by atoms with Crippen LogP contribution in [0.1, 0.15) is 48.6 Å². The zero-order chi connectivity index (χ0) is 15.4. The molecule has 0 aromatic carbocycles. The van der Waals surface area contributed by atoms with E-state index in [0.717, 1.165) is 18.2 Å². The van der Waals surface area contributed by atoms with E-state index in [4.69, 9.17) is 4.74 Å². The second-order valence-electron chi connectivity index (χ2n) is 6.12. The van der Waals surface area contributed by atoms with Gasteiger partial charge >= 0.3 is 0 Å². The minimum atomic E-state index is -2.74. The van der Waals surface area contributed by atoms with Gasteiger partial charge in [0.1, 0.15) is 0 Å². The van der Waals surface area contributed by atoms with Crippen molar-refractivity contribution in [1.82, 2.24) is 15.1 Å². The fourth-order valence-electron chi connectivity index (χ4n) is 2.97. The predicted octanol–water partition coefficient (Wildman–Crippen LogP) is 2.16. The van der Waals surface area contributed by atoms with Gasteiger partial charge in [0.25, 0.3) is 11.8 Å². The molecular formula is C14H19F2N3O2. The first-order chi connectivity index (χ1) is 9.77. The van der Waals surface area contributed by atoms with Gasteiger partial charge in [-0.2, -0.15) is 5.10 Å². The highest BCUT2D eigenvalue weighted by Crippen LogP contribution is 2.34. The normalized spacial score (nSPS) is 26.4. The lowest BCUT2D eigenvalue weighted by Crippen LogP contribution is -2.56. The third-order valence-corrected chi connectivity index (χ3v) is 4.32. The first-order valence-corrected chi connectivity index (χ1v) is 7.17. The van der Waals surface area contributed by atoms with Crippen molar-refractivity contribution in [2.75, 3.05) is 13.1 Å². The summed E-state index contributed by atoms with van der Waals surface area (Å²) in [6, 6.07) is 0. The van der Waals surface area contributed by atoms with Crippen molar-refractivity contribution in [2.24, 2.45) is 5.92 Å². The van der Waals surface area contributed by atoms with E-state index in [1.165, 1.54) is 4.90 Å². The Morgan fingerprint density at radius 3 is 2.71 bits per heavy atom. The largest absolute Gasteiger partial charge is 0.369 e. The number of ether oxygens (including phenoxy) is 1. The number of nitrogens with zero attached hydrogens (tertiary/aromatic N) is 2. The molecule has 1 aromatic rings. The number of carbonyl (C=O) groups excluding carboxylic acids is 1. The first-order valence-electron chi connectivity index (χ1n) is 7.17. The van der Waals surface area contributed by atoms with Gasteiger partial charge in [0.2, 0.25) is 0 Å². The molecule has 0 unspecified atom stereocenters. The average molecular weight is 299 g/mol. The van der Waals surface area contributed by atoms with Crippen LogP contribution in [0, 0.1) is 5.92 Å². The summed E-state index contributed by atoms with van der Waals surface area (Å²) in [4.78, 5) is 13.8. The van der Waals surface area contributed by atoms with Crippen LogP contribution in [-0.4, -0.2) is 46.1 Å². The highest BCUT2D eigenvalue weighted by atomic mass is 19.3. The summed E-state index contributed by atoms with van der Waals surface area (Å²) in [5.41, 5.74) is 2.03. The first kappa shape index (κ1) is 14.4. The molecule has 0 aliphatic carbocycles. The number of nitrogens with one attached hydrogen (secondary N) is 1. The zero-order valence-electron chi connectivity index (χ0n) is 12.3. The van der Waals surface area contributed by atoms with Crippen LogP contribution in [0.5, 0.6) is 0 Å². The zero-order valence-corrected chi connectivity index (χ0v) is 12.3. The fourth-order valence-corrected chi connectivity index (χ4v) is 2.97. The van der Waals surface area contributed by atoms with Crippen LogP contribution in [0.2, 0.25) is 0 Å².